The summed E-state index contributed by atoms with van der Waals surface area (Å²) in [5.41, 5.74) is 0. The van der Waals surface area contributed by atoms with E-state index in [1.807, 2.05) is 4.68 Å². The van der Waals surface area contributed by atoms with Crippen molar-refractivity contribution in [1.82, 2.24) is 23.6 Å². The number of aromatic nitrogens is 3. The van der Waals surface area contributed by atoms with Crippen LogP contribution in [0.15, 0.2) is 23.1 Å². The molecule has 2 aliphatic heterocycles. The fraction of sp³-hybridized carbons (Fsp3) is 0.556. The van der Waals surface area contributed by atoms with Gasteiger partial charge in [-0.05, 0) is 37.2 Å². The molecule has 0 radical (unpaired) electrons. The van der Waals surface area contributed by atoms with E-state index in [0.29, 0.717) is 32.8 Å². The molecule has 7 nitrogen and oxygen atoms in total. The fourth-order valence-electron chi connectivity index (χ4n) is 3.84. The topological polar surface area (TPSA) is 63.4 Å². The van der Waals surface area contributed by atoms with Gasteiger partial charge in [0.25, 0.3) is 0 Å². The molecule has 0 amide bonds. The first kappa shape index (κ1) is 21.3. The molecule has 1 aromatic heterocycles. The van der Waals surface area contributed by atoms with Crippen molar-refractivity contribution in [3.8, 4) is 0 Å². The van der Waals surface area contributed by atoms with Crippen molar-refractivity contribution in [3.63, 3.8) is 0 Å². The van der Waals surface area contributed by atoms with Crippen LogP contribution in [-0.2, 0) is 29.7 Å². The fourth-order valence-corrected chi connectivity index (χ4v) is 6.29. The number of nitrogens with zero attached hydrogens (tertiary/aromatic N) is 5. The van der Waals surface area contributed by atoms with Crippen molar-refractivity contribution in [2.24, 2.45) is 0 Å². The summed E-state index contributed by atoms with van der Waals surface area (Å²) in [4.78, 5) is 2.23. The van der Waals surface area contributed by atoms with Crippen LogP contribution in [0.5, 0.6) is 0 Å². The molecule has 0 spiro atoms. The predicted octanol–water partition coefficient (Wildman–Crippen LogP) is 3.41. The molecule has 0 aliphatic carbocycles. The first-order valence-corrected chi connectivity index (χ1v) is 12.3. The summed E-state index contributed by atoms with van der Waals surface area (Å²) in [7, 11) is -3.68. The van der Waals surface area contributed by atoms with Gasteiger partial charge in [0.15, 0.2) is 4.77 Å². The number of hydrogen-bond acceptors (Lipinski definition) is 5. The molecule has 3 heterocycles. The number of hydrogen-bond donors (Lipinski definition) is 0. The van der Waals surface area contributed by atoms with Gasteiger partial charge in [0.2, 0.25) is 10.0 Å². The van der Waals surface area contributed by atoms with Crippen LogP contribution in [0.3, 0.4) is 0 Å². The van der Waals surface area contributed by atoms with Crippen molar-refractivity contribution in [2.75, 3.05) is 26.2 Å². The van der Waals surface area contributed by atoms with E-state index >= 15 is 0 Å². The molecular weight excluding hydrogens is 453 g/mol. The van der Waals surface area contributed by atoms with Gasteiger partial charge in [0, 0.05) is 39.1 Å². The Labute approximate surface area is 185 Å². The molecule has 2 aromatic rings. The van der Waals surface area contributed by atoms with Crippen molar-refractivity contribution in [2.45, 2.75) is 43.8 Å². The zero-order valence-corrected chi connectivity index (χ0v) is 19.1. The number of fused-ring (bicyclic) bond motifs is 1. The third-order valence-corrected chi connectivity index (χ3v) is 8.78. The smallest absolute Gasteiger partial charge is 0.244 e. The zero-order chi connectivity index (χ0) is 20.6. The molecular formula is C18H23Cl2N5O2S2. The molecule has 0 unspecified atom stereocenters. The van der Waals surface area contributed by atoms with Gasteiger partial charge in [-0.1, -0.05) is 35.7 Å². The molecule has 1 fully saturated rings. The summed E-state index contributed by atoms with van der Waals surface area (Å²) < 4.78 is 32.2. The average Bonchev–Trinajstić information content (AvgIpc) is 2.86. The highest BCUT2D eigenvalue weighted by molar-refractivity contribution is 7.89. The highest BCUT2D eigenvalue weighted by Gasteiger charge is 2.31. The Kier molecular flexibility index (Phi) is 6.34. The van der Waals surface area contributed by atoms with E-state index in [-0.39, 0.29) is 14.9 Å². The Morgan fingerprint density at radius 2 is 1.79 bits per heavy atom. The van der Waals surface area contributed by atoms with Gasteiger partial charge in [0.05, 0.1) is 16.7 Å². The number of sulfonamides is 1. The van der Waals surface area contributed by atoms with Gasteiger partial charge in [-0.25, -0.2) is 13.1 Å². The van der Waals surface area contributed by atoms with Crippen LogP contribution in [0.2, 0.25) is 10.0 Å². The summed E-state index contributed by atoms with van der Waals surface area (Å²) in [6.45, 7) is 3.46. The predicted molar refractivity (Wildman–Crippen MR) is 115 cm³/mol. The lowest BCUT2D eigenvalue weighted by Gasteiger charge is -2.33. The highest BCUT2D eigenvalue weighted by atomic mass is 35.5. The van der Waals surface area contributed by atoms with Crippen LogP contribution in [-0.4, -0.2) is 58.1 Å². The van der Waals surface area contributed by atoms with Gasteiger partial charge in [-0.3, -0.25) is 4.90 Å². The van der Waals surface area contributed by atoms with Gasteiger partial charge >= 0.3 is 0 Å². The second kappa shape index (κ2) is 8.64. The highest BCUT2D eigenvalue weighted by Crippen LogP contribution is 2.31. The van der Waals surface area contributed by atoms with Crippen molar-refractivity contribution < 1.29 is 8.42 Å². The van der Waals surface area contributed by atoms with Crippen LogP contribution in [0.25, 0.3) is 0 Å². The molecule has 0 saturated carbocycles. The van der Waals surface area contributed by atoms with E-state index in [1.165, 1.54) is 16.8 Å². The Morgan fingerprint density at radius 1 is 1.03 bits per heavy atom. The van der Waals surface area contributed by atoms with Gasteiger partial charge in [-0.15, -0.1) is 0 Å². The van der Waals surface area contributed by atoms with Crippen LogP contribution in [0.4, 0.5) is 0 Å². The molecule has 1 saturated heterocycles. The first-order valence-electron chi connectivity index (χ1n) is 9.71. The average molecular weight is 476 g/mol. The maximum atomic E-state index is 13.0. The summed E-state index contributed by atoms with van der Waals surface area (Å²) >= 11 is 17.8. The zero-order valence-electron chi connectivity index (χ0n) is 15.9. The SMILES string of the molecule is O=S(=O)(c1cccc(Cl)c1Cl)N1CCN(Cn2nc3n(c2=S)CCCCC3)CC1. The summed E-state index contributed by atoms with van der Waals surface area (Å²) in [5.74, 6) is 1.06. The summed E-state index contributed by atoms with van der Waals surface area (Å²) in [6, 6.07) is 4.67. The molecule has 4 rings (SSSR count). The molecule has 29 heavy (non-hydrogen) atoms. The first-order chi connectivity index (χ1) is 13.9. The van der Waals surface area contributed by atoms with E-state index in [2.05, 4.69) is 9.47 Å². The molecule has 0 atom stereocenters. The molecule has 1 aromatic carbocycles. The lowest BCUT2D eigenvalue weighted by molar-refractivity contribution is 0.144. The second-order valence-electron chi connectivity index (χ2n) is 7.38. The number of halogens is 2. The van der Waals surface area contributed by atoms with E-state index in [1.54, 1.807) is 12.1 Å². The minimum atomic E-state index is -3.68. The maximum absolute atomic E-state index is 13.0. The van der Waals surface area contributed by atoms with Gasteiger partial charge < -0.3 is 4.57 Å². The second-order valence-corrected chi connectivity index (χ2v) is 10.4. The summed E-state index contributed by atoms with van der Waals surface area (Å²) in [5, 5.41) is 5.02. The van der Waals surface area contributed by atoms with Crippen LogP contribution < -0.4 is 0 Å². The summed E-state index contributed by atoms with van der Waals surface area (Å²) in [6.07, 6.45) is 4.46. The van der Waals surface area contributed by atoms with Crippen molar-refractivity contribution in [1.29, 1.82) is 0 Å². The molecule has 158 valence electrons. The largest absolute Gasteiger partial charge is 0.304 e. The Balaban J connectivity index is 1.44. The van der Waals surface area contributed by atoms with Gasteiger partial charge in [0.1, 0.15) is 10.7 Å². The van der Waals surface area contributed by atoms with Crippen LogP contribution >= 0.6 is 35.4 Å². The molecule has 11 heteroatoms. The van der Waals surface area contributed by atoms with E-state index < -0.39 is 10.0 Å². The Bertz CT molecular complexity index is 1060. The minimum Gasteiger partial charge on any atom is -0.304 e. The van der Waals surface area contributed by atoms with Crippen LogP contribution in [0, 0.1) is 4.77 Å². The molecule has 0 N–H and O–H groups in total. The Hall–Kier alpha value is -0.970. The third-order valence-electron chi connectivity index (χ3n) is 5.48. The lowest BCUT2D eigenvalue weighted by atomic mass is 10.2. The number of aryl methyl sites for hydroxylation is 1. The van der Waals surface area contributed by atoms with E-state index in [9.17, 15) is 8.42 Å². The maximum Gasteiger partial charge on any atom is 0.244 e. The third kappa shape index (κ3) is 4.26. The lowest BCUT2D eigenvalue weighted by Crippen LogP contribution is -2.49. The monoisotopic (exact) mass is 475 g/mol. The van der Waals surface area contributed by atoms with Crippen molar-refractivity contribution >= 4 is 45.4 Å². The van der Waals surface area contributed by atoms with E-state index in [0.717, 1.165) is 36.4 Å². The standard InChI is InChI=1S/C18H23Cl2N5O2S2/c19-14-5-4-6-15(17(14)20)29(26,27)23-11-9-22(10-12-23)13-25-18(28)24-8-3-1-2-7-16(24)21-25/h4-6H,1-3,7-13H2. The molecule has 2 aliphatic rings. The van der Waals surface area contributed by atoms with Crippen molar-refractivity contribution in [3.05, 3.63) is 38.8 Å². The Morgan fingerprint density at radius 3 is 2.55 bits per heavy atom. The normalized spacial score (nSPS) is 19.1. The minimum absolute atomic E-state index is 0.0557. The quantitative estimate of drug-likeness (QED) is 0.633. The van der Waals surface area contributed by atoms with E-state index in [4.69, 9.17) is 40.5 Å². The number of benzene rings is 1. The number of piperazine rings is 1. The van der Waals surface area contributed by atoms with Gasteiger partial charge in [-0.2, -0.15) is 9.40 Å². The molecule has 0 bridgehead atoms. The number of rotatable bonds is 4. The van der Waals surface area contributed by atoms with Crippen LogP contribution in [0.1, 0.15) is 25.1 Å².